The monoisotopic (exact) mass is 224 g/mol. The summed E-state index contributed by atoms with van der Waals surface area (Å²) in [5, 5.41) is 10.7. The smallest absolute Gasteiger partial charge is 0.276 e. The number of nitrogen functional groups attached to an aromatic ring is 1. The molecule has 1 rings (SSSR count). The number of hydrogen-bond donors (Lipinski definition) is 2. The van der Waals surface area contributed by atoms with E-state index in [4.69, 9.17) is 5.73 Å². The molecule has 80 valence electrons. The lowest BCUT2D eigenvalue weighted by Gasteiger charge is -1.98. The Balaban J connectivity index is 3.02. The first-order chi connectivity index (χ1) is 7.15. The number of nitro benzene ring substituents is 1. The van der Waals surface area contributed by atoms with E-state index >= 15 is 0 Å². The van der Waals surface area contributed by atoms with E-state index in [2.05, 4.69) is 12.6 Å². The zero-order valence-corrected chi connectivity index (χ0v) is 8.98. The number of nitro groups is 1. The van der Waals surface area contributed by atoms with Crippen molar-refractivity contribution in [2.45, 2.75) is 6.42 Å². The van der Waals surface area contributed by atoms with Crippen molar-refractivity contribution in [2.24, 2.45) is 0 Å². The fourth-order valence-corrected chi connectivity index (χ4v) is 1.31. The summed E-state index contributed by atoms with van der Waals surface area (Å²) in [4.78, 5) is 10.3. The van der Waals surface area contributed by atoms with E-state index in [1.165, 1.54) is 12.1 Å². The van der Waals surface area contributed by atoms with Crippen molar-refractivity contribution < 1.29 is 4.92 Å². The molecule has 0 spiro atoms. The van der Waals surface area contributed by atoms with Gasteiger partial charge < -0.3 is 5.73 Å². The van der Waals surface area contributed by atoms with Gasteiger partial charge >= 0.3 is 0 Å². The number of allylic oxidation sites excluding steroid dienone is 1. The molecule has 0 aromatic heterocycles. The van der Waals surface area contributed by atoms with Crippen molar-refractivity contribution in [1.82, 2.24) is 0 Å². The Kier molecular flexibility index (Phi) is 4.17. The van der Waals surface area contributed by atoms with Crippen LogP contribution in [0, 0.1) is 10.1 Å². The highest BCUT2D eigenvalue weighted by Crippen LogP contribution is 2.22. The lowest BCUT2D eigenvalue weighted by atomic mass is 10.1. The van der Waals surface area contributed by atoms with Gasteiger partial charge in [0.2, 0.25) is 0 Å². The Labute approximate surface area is 93.3 Å². The van der Waals surface area contributed by atoms with Crippen molar-refractivity contribution in [3.63, 3.8) is 0 Å². The van der Waals surface area contributed by atoms with Gasteiger partial charge in [-0.15, -0.1) is 0 Å². The van der Waals surface area contributed by atoms with Gasteiger partial charge in [-0.25, -0.2) is 0 Å². The number of nitrogens with zero attached hydrogens (tertiary/aromatic N) is 1. The third-order valence-corrected chi connectivity index (χ3v) is 2.10. The van der Waals surface area contributed by atoms with Gasteiger partial charge in [0.05, 0.1) is 10.5 Å². The maximum absolute atomic E-state index is 10.7. The average molecular weight is 224 g/mol. The molecule has 0 heterocycles. The number of thiol groups is 1. The van der Waals surface area contributed by atoms with E-state index in [-0.39, 0.29) is 5.69 Å². The minimum Gasteiger partial charge on any atom is -0.399 e. The topological polar surface area (TPSA) is 69.2 Å². The van der Waals surface area contributed by atoms with Crippen LogP contribution >= 0.6 is 12.6 Å². The molecule has 0 saturated heterocycles. The van der Waals surface area contributed by atoms with Crippen molar-refractivity contribution in [3.8, 4) is 0 Å². The van der Waals surface area contributed by atoms with E-state index in [1.54, 1.807) is 12.1 Å². The second kappa shape index (κ2) is 5.41. The van der Waals surface area contributed by atoms with Gasteiger partial charge in [-0.05, 0) is 24.3 Å². The minimum atomic E-state index is -0.417. The fourth-order valence-electron chi connectivity index (χ4n) is 1.16. The molecule has 0 bridgehead atoms. The molecule has 0 unspecified atom stereocenters. The highest BCUT2D eigenvalue weighted by atomic mass is 32.1. The summed E-state index contributed by atoms with van der Waals surface area (Å²) in [7, 11) is 0. The maximum atomic E-state index is 10.7. The van der Waals surface area contributed by atoms with E-state index in [1.807, 2.05) is 6.08 Å². The van der Waals surface area contributed by atoms with Crippen LogP contribution < -0.4 is 5.73 Å². The highest BCUT2D eigenvalue weighted by Gasteiger charge is 2.10. The average Bonchev–Trinajstić information content (AvgIpc) is 2.18. The van der Waals surface area contributed by atoms with E-state index in [0.717, 1.165) is 6.42 Å². The molecule has 0 aliphatic rings. The van der Waals surface area contributed by atoms with Crippen molar-refractivity contribution in [3.05, 3.63) is 40.0 Å². The molecule has 15 heavy (non-hydrogen) atoms. The van der Waals surface area contributed by atoms with Crippen LogP contribution in [0.15, 0.2) is 24.3 Å². The molecule has 0 aliphatic heterocycles. The molecular formula is C10H12N2O2S. The lowest BCUT2D eigenvalue weighted by molar-refractivity contribution is -0.385. The van der Waals surface area contributed by atoms with Gasteiger partial charge in [0, 0.05) is 11.8 Å². The second-order valence-corrected chi connectivity index (χ2v) is 3.44. The zero-order valence-electron chi connectivity index (χ0n) is 8.09. The Hall–Kier alpha value is -1.49. The summed E-state index contributed by atoms with van der Waals surface area (Å²) in [5.74, 6) is 0.715. The Morgan fingerprint density at radius 2 is 2.27 bits per heavy atom. The predicted octanol–water partition coefficient (Wildman–Crippen LogP) is 2.51. The highest BCUT2D eigenvalue weighted by molar-refractivity contribution is 7.80. The molecule has 0 aliphatic carbocycles. The van der Waals surface area contributed by atoms with Crippen LogP contribution in [0.25, 0.3) is 6.08 Å². The van der Waals surface area contributed by atoms with E-state index in [9.17, 15) is 10.1 Å². The summed E-state index contributed by atoms with van der Waals surface area (Å²) in [6.07, 6.45) is 4.31. The molecule has 0 radical (unpaired) electrons. The molecule has 4 nitrogen and oxygen atoms in total. The van der Waals surface area contributed by atoms with Gasteiger partial charge in [-0.2, -0.15) is 12.6 Å². The number of nitrogens with two attached hydrogens (primary N) is 1. The van der Waals surface area contributed by atoms with Crippen LogP contribution in [0.3, 0.4) is 0 Å². The van der Waals surface area contributed by atoms with Crippen molar-refractivity contribution in [1.29, 1.82) is 0 Å². The standard InChI is InChI=1S/C10H12N2O2S/c11-9-4-5-10(12(13)14)8(7-9)3-1-2-6-15/h1,3-5,7,15H,2,6,11H2. The molecule has 0 atom stereocenters. The minimum absolute atomic E-state index is 0.0691. The molecule has 0 fully saturated rings. The molecule has 1 aromatic rings. The third-order valence-electron chi connectivity index (χ3n) is 1.84. The first kappa shape index (κ1) is 11.6. The summed E-state index contributed by atoms with van der Waals surface area (Å²) < 4.78 is 0. The van der Waals surface area contributed by atoms with Crippen LogP contribution in [-0.4, -0.2) is 10.7 Å². The molecule has 1 aromatic carbocycles. The third kappa shape index (κ3) is 3.28. The van der Waals surface area contributed by atoms with Gasteiger partial charge in [0.25, 0.3) is 5.69 Å². The fraction of sp³-hybridized carbons (Fsp3) is 0.200. The zero-order chi connectivity index (χ0) is 11.3. The maximum Gasteiger partial charge on any atom is 0.276 e. The molecule has 0 saturated carbocycles. The van der Waals surface area contributed by atoms with Gasteiger partial charge in [0.15, 0.2) is 0 Å². The summed E-state index contributed by atoms with van der Waals surface area (Å²) in [6, 6.07) is 4.52. The number of anilines is 1. The van der Waals surface area contributed by atoms with Gasteiger partial charge in [-0.1, -0.05) is 12.2 Å². The first-order valence-corrected chi connectivity index (χ1v) is 5.09. The predicted molar refractivity (Wildman–Crippen MR) is 65.0 cm³/mol. The molecular weight excluding hydrogens is 212 g/mol. The van der Waals surface area contributed by atoms with Crippen LogP contribution in [0.5, 0.6) is 0 Å². The quantitative estimate of drug-likeness (QED) is 0.357. The SMILES string of the molecule is Nc1ccc([N+](=O)[O-])c(C=CCCS)c1. The Morgan fingerprint density at radius 3 is 2.87 bits per heavy atom. The number of benzene rings is 1. The number of hydrogen-bond acceptors (Lipinski definition) is 4. The van der Waals surface area contributed by atoms with Crippen LogP contribution in [0.4, 0.5) is 11.4 Å². The number of rotatable bonds is 4. The van der Waals surface area contributed by atoms with Crippen molar-refractivity contribution in [2.75, 3.05) is 11.5 Å². The lowest BCUT2D eigenvalue weighted by Crippen LogP contribution is -1.93. The van der Waals surface area contributed by atoms with Crippen molar-refractivity contribution >= 4 is 30.1 Å². The molecule has 0 amide bonds. The second-order valence-electron chi connectivity index (χ2n) is 2.99. The van der Waals surface area contributed by atoms with Crippen LogP contribution in [0.1, 0.15) is 12.0 Å². The largest absolute Gasteiger partial charge is 0.399 e. The Bertz CT molecular complexity index is 391. The van der Waals surface area contributed by atoms with Gasteiger partial charge in [0.1, 0.15) is 0 Å². The summed E-state index contributed by atoms with van der Waals surface area (Å²) >= 11 is 4.04. The molecule has 5 heteroatoms. The molecule has 2 N–H and O–H groups in total. The van der Waals surface area contributed by atoms with Crippen LogP contribution in [0.2, 0.25) is 0 Å². The van der Waals surface area contributed by atoms with E-state index in [0.29, 0.717) is 17.0 Å². The van der Waals surface area contributed by atoms with Gasteiger partial charge in [-0.3, -0.25) is 10.1 Å². The summed E-state index contributed by atoms with van der Waals surface area (Å²) in [6.45, 7) is 0. The summed E-state index contributed by atoms with van der Waals surface area (Å²) in [5.41, 5.74) is 6.68. The van der Waals surface area contributed by atoms with Crippen LogP contribution in [-0.2, 0) is 0 Å². The first-order valence-electron chi connectivity index (χ1n) is 4.46. The normalized spacial score (nSPS) is 10.7. The van der Waals surface area contributed by atoms with E-state index < -0.39 is 4.92 Å². The Morgan fingerprint density at radius 1 is 1.53 bits per heavy atom.